The topological polar surface area (TPSA) is 51.8 Å². The molecule has 1 aromatic carbocycles. The van der Waals surface area contributed by atoms with Crippen LogP contribution in [0.2, 0.25) is 0 Å². The molecule has 17 heavy (non-hydrogen) atoms. The van der Waals surface area contributed by atoms with Crippen LogP contribution in [0, 0.1) is 27.7 Å². The molecule has 0 saturated carbocycles. The summed E-state index contributed by atoms with van der Waals surface area (Å²) in [6, 6.07) is 6.29. The minimum absolute atomic E-state index is 0.562. The Morgan fingerprint density at radius 2 is 1.47 bits per heavy atom. The maximum atomic E-state index is 5.88. The number of nitrogen functional groups attached to an aromatic ring is 1. The minimum atomic E-state index is 0.562. The Labute approximate surface area is 102 Å². The predicted molar refractivity (Wildman–Crippen MR) is 70.8 cm³/mol. The van der Waals surface area contributed by atoms with Gasteiger partial charge in [0.1, 0.15) is 5.82 Å². The number of hydrogen-bond acceptors (Lipinski definition) is 3. The van der Waals surface area contributed by atoms with Crippen LogP contribution in [0.5, 0.6) is 0 Å². The summed E-state index contributed by atoms with van der Waals surface area (Å²) in [6.07, 6.45) is 0. The van der Waals surface area contributed by atoms with Crippen molar-refractivity contribution in [2.24, 2.45) is 0 Å². The highest BCUT2D eigenvalue weighted by Gasteiger charge is 2.08. The van der Waals surface area contributed by atoms with Crippen LogP contribution in [-0.2, 0) is 0 Å². The summed E-state index contributed by atoms with van der Waals surface area (Å²) in [5.41, 5.74) is 11.2. The average Bonchev–Trinajstić information content (AvgIpc) is 2.23. The maximum Gasteiger partial charge on any atom is 0.161 e. The van der Waals surface area contributed by atoms with E-state index >= 15 is 0 Å². The highest BCUT2D eigenvalue weighted by Crippen LogP contribution is 2.22. The Balaban J connectivity index is 2.60. The Kier molecular flexibility index (Phi) is 2.84. The number of aryl methyl sites for hydroxylation is 3. The van der Waals surface area contributed by atoms with Crippen LogP contribution < -0.4 is 5.73 Å². The van der Waals surface area contributed by atoms with Gasteiger partial charge in [-0.1, -0.05) is 17.2 Å². The lowest BCUT2D eigenvalue weighted by Crippen LogP contribution is -2.02. The van der Waals surface area contributed by atoms with Crippen molar-refractivity contribution in [3.63, 3.8) is 0 Å². The van der Waals surface area contributed by atoms with Crippen LogP contribution in [-0.4, -0.2) is 9.97 Å². The van der Waals surface area contributed by atoms with Gasteiger partial charge >= 0.3 is 0 Å². The number of hydrogen-bond donors (Lipinski definition) is 1. The van der Waals surface area contributed by atoms with Crippen molar-refractivity contribution in [2.75, 3.05) is 5.73 Å². The standard InChI is InChI=1S/C14H17N3/c1-8-5-9(2)7-12(6-8)14-16-11(4)10(3)13(15)17-14/h5-7H,1-4H3,(H2,15,16,17). The molecule has 0 bridgehead atoms. The molecule has 2 rings (SSSR count). The van der Waals surface area contributed by atoms with E-state index in [0.717, 1.165) is 16.8 Å². The van der Waals surface area contributed by atoms with Gasteiger partial charge in [-0.25, -0.2) is 9.97 Å². The third kappa shape index (κ3) is 2.28. The molecule has 1 aromatic heterocycles. The molecule has 0 amide bonds. The smallest absolute Gasteiger partial charge is 0.161 e. The fourth-order valence-electron chi connectivity index (χ4n) is 1.88. The third-order valence-corrected chi connectivity index (χ3v) is 2.91. The van der Waals surface area contributed by atoms with Crippen molar-refractivity contribution in [3.05, 3.63) is 40.6 Å². The highest BCUT2D eigenvalue weighted by molar-refractivity contribution is 5.60. The molecule has 0 aliphatic rings. The number of anilines is 1. The molecule has 0 unspecified atom stereocenters. The van der Waals surface area contributed by atoms with Gasteiger partial charge in [0.15, 0.2) is 5.82 Å². The number of rotatable bonds is 1. The van der Waals surface area contributed by atoms with Gasteiger partial charge in [0, 0.05) is 16.8 Å². The lowest BCUT2D eigenvalue weighted by molar-refractivity contribution is 1.08. The van der Waals surface area contributed by atoms with Gasteiger partial charge in [-0.15, -0.1) is 0 Å². The molecule has 0 spiro atoms. The summed E-state index contributed by atoms with van der Waals surface area (Å²) in [5.74, 6) is 1.27. The van der Waals surface area contributed by atoms with Gasteiger partial charge in [0.05, 0.1) is 0 Å². The Morgan fingerprint density at radius 3 is 2.00 bits per heavy atom. The Bertz CT molecular complexity index is 530. The van der Waals surface area contributed by atoms with Crippen molar-refractivity contribution in [1.29, 1.82) is 0 Å². The number of aromatic nitrogens is 2. The fourth-order valence-corrected chi connectivity index (χ4v) is 1.88. The van der Waals surface area contributed by atoms with Gasteiger partial charge in [-0.3, -0.25) is 0 Å². The maximum absolute atomic E-state index is 5.88. The van der Waals surface area contributed by atoms with E-state index in [4.69, 9.17) is 5.73 Å². The molecule has 0 radical (unpaired) electrons. The van der Waals surface area contributed by atoms with Crippen LogP contribution in [0.3, 0.4) is 0 Å². The molecule has 0 atom stereocenters. The van der Waals surface area contributed by atoms with E-state index in [1.165, 1.54) is 11.1 Å². The van der Waals surface area contributed by atoms with E-state index in [9.17, 15) is 0 Å². The van der Waals surface area contributed by atoms with Crippen LogP contribution in [0.15, 0.2) is 18.2 Å². The minimum Gasteiger partial charge on any atom is -0.383 e. The fraction of sp³-hybridized carbons (Fsp3) is 0.286. The van der Waals surface area contributed by atoms with Crippen molar-refractivity contribution in [3.8, 4) is 11.4 Å². The van der Waals surface area contributed by atoms with E-state index in [2.05, 4.69) is 42.0 Å². The molecule has 0 saturated heterocycles. The van der Waals surface area contributed by atoms with Gasteiger partial charge in [-0.2, -0.15) is 0 Å². The largest absolute Gasteiger partial charge is 0.383 e. The molecular weight excluding hydrogens is 210 g/mol. The van der Waals surface area contributed by atoms with Crippen LogP contribution in [0.4, 0.5) is 5.82 Å². The second-order valence-electron chi connectivity index (χ2n) is 4.52. The van der Waals surface area contributed by atoms with E-state index in [-0.39, 0.29) is 0 Å². The molecular formula is C14H17N3. The van der Waals surface area contributed by atoms with E-state index in [1.54, 1.807) is 0 Å². The number of nitrogens with zero attached hydrogens (tertiary/aromatic N) is 2. The SMILES string of the molecule is Cc1cc(C)cc(-c2nc(C)c(C)c(N)n2)c1. The predicted octanol–water partition coefficient (Wildman–Crippen LogP) is 2.96. The van der Waals surface area contributed by atoms with Gasteiger partial charge in [0.25, 0.3) is 0 Å². The second kappa shape index (κ2) is 4.17. The Morgan fingerprint density at radius 1 is 0.882 bits per heavy atom. The zero-order valence-electron chi connectivity index (χ0n) is 10.7. The number of nitrogens with two attached hydrogens (primary N) is 1. The Hall–Kier alpha value is -1.90. The summed E-state index contributed by atoms with van der Waals surface area (Å²) >= 11 is 0. The molecule has 1 heterocycles. The van der Waals surface area contributed by atoms with Crippen molar-refractivity contribution in [2.45, 2.75) is 27.7 Å². The third-order valence-electron chi connectivity index (χ3n) is 2.91. The van der Waals surface area contributed by atoms with Crippen LogP contribution >= 0.6 is 0 Å². The summed E-state index contributed by atoms with van der Waals surface area (Å²) < 4.78 is 0. The average molecular weight is 227 g/mol. The lowest BCUT2D eigenvalue weighted by Gasteiger charge is -2.08. The van der Waals surface area contributed by atoms with E-state index in [0.29, 0.717) is 11.6 Å². The lowest BCUT2D eigenvalue weighted by atomic mass is 10.1. The zero-order valence-corrected chi connectivity index (χ0v) is 10.7. The monoisotopic (exact) mass is 227 g/mol. The van der Waals surface area contributed by atoms with Crippen molar-refractivity contribution < 1.29 is 0 Å². The van der Waals surface area contributed by atoms with E-state index in [1.807, 2.05) is 13.8 Å². The first kappa shape index (κ1) is 11.6. The molecule has 2 N–H and O–H groups in total. The number of benzene rings is 1. The van der Waals surface area contributed by atoms with Crippen molar-refractivity contribution >= 4 is 5.82 Å². The van der Waals surface area contributed by atoms with Gasteiger partial charge in [-0.05, 0) is 39.8 Å². The van der Waals surface area contributed by atoms with Gasteiger partial charge < -0.3 is 5.73 Å². The first-order valence-corrected chi connectivity index (χ1v) is 5.67. The molecule has 2 aromatic rings. The molecule has 3 heteroatoms. The molecule has 0 aliphatic carbocycles. The quantitative estimate of drug-likeness (QED) is 0.814. The van der Waals surface area contributed by atoms with Crippen LogP contribution in [0.25, 0.3) is 11.4 Å². The summed E-state index contributed by atoms with van der Waals surface area (Å²) in [6.45, 7) is 8.04. The molecule has 88 valence electrons. The summed E-state index contributed by atoms with van der Waals surface area (Å²) in [4.78, 5) is 8.85. The molecule has 0 aliphatic heterocycles. The zero-order chi connectivity index (χ0) is 12.6. The summed E-state index contributed by atoms with van der Waals surface area (Å²) in [7, 11) is 0. The first-order chi connectivity index (χ1) is 7.97. The van der Waals surface area contributed by atoms with Gasteiger partial charge in [0.2, 0.25) is 0 Å². The normalized spacial score (nSPS) is 10.6. The highest BCUT2D eigenvalue weighted by atomic mass is 15.0. The van der Waals surface area contributed by atoms with E-state index < -0.39 is 0 Å². The van der Waals surface area contributed by atoms with Crippen LogP contribution in [0.1, 0.15) is 22.4 Å². The first-order valence-electron chi connectivity index (χ1n) is 5.67. The van der Waals surface area contributed by atoms with Crippen molar-refractivity contribution in [1.82, 2.24) is 9.97 Å². The summed E-state index contributed by atoms with van der Waals surface area (Å²) in [5, 5.41) is 0. The molecule has 3 nitrogen and oxygen atoms in total. The molecule has 0 fully saturated rings. The second-order valence-corrected chi connectivity index (χ2v) is 4.52.